The van der Waals surface area contributed by atoms with Crippen LogP contribution in [-0.2, 0) is 0 Å². The van der Waals surface area contributed by atoms with E-state index in [1.807, 2.05) is 18.2 Å². The first-order chi connectivity index (χ1) is 9.69. The van der Waals surface area contributed by atoms with Gasteiger partial charge in [0.2, 0.25) is 0 Å². The molecule has 1 N–H and O–H groups in total. The van der Waals surface area contributed by atoms with Gasteiger partial charge in [0.25, 0.3) is 0 Å². The van der Waals surface area contributed by atoms with Crippen molar-refractivity contribution in [2.24, 2.45) is 0 Å². The summed E-state index contributed by atoms with van der Waals surface area (Å²) in [5.74, 6) is 0.292. The predicted molar refractivity (Wildman–Crippen MR) is 76.3 cm³/mol. The minimum atomic E-state index is -0.378. The zero-order chi connectivity index (χ0) is 14.1. The maximum atomic E-state index is 13.3. The number of benzene rings is 1. The molecule has 3 aromatic rings. The largest absolute Gasteiger partial charge is 0.457 e. The van der Waals surface area contributed by atoms with Crippen molar-refractivity contribution >= 4 is 22.6 Å². The molecule has 2 heterocycles. The molecule has 0 aliphatic carbocycles. The SMILES string of the molecule is CNC(c1cncc(F)c1)c1cc2cccc(Cl)c2o1. The molecule has 3 rings (SSSR count). The van der Waals surface area contributed by atoms with Gasteiger partial charge in [0, 0.05) is 11.6 Å². The van der Waals surface area contributed by atoms with Crippen LogP contribution in [0.2, 0.25) is 5.02 Å². The van der Waals surface area contributed by atoms with Gasteiger partial charge in [0.05, 0.1) is 17.3 Å². The van der Waals surface area contributed by atoms with E-state index < -0.39 is 0 Å². The highest BCUT2D eigenvalue weighted by Crippen LogP contribution is 2.31. The van der Waals surface area contributed by atoms with Crippen LogP contribution in [-0.4, -0.2) is 12.0 Å². The second-order valence-corrected chi connectivity index (χ2v) is 4.87. The van der Waals surface area contributed by atoms with E-state index in [-0.39, 0.29) is 11.9 Å². The van der Waals surface area contributed by atoms with Crippen molar-refractivity contribution in [2.45, 2.75) is 6.04 Å². The Balaban J connectivity index is 2.09. The molecule has 0 amide bonds. The number of hydrogen-bond acceptors (Lipinski definition) is 3. The van der Waals surface area contributed by atoms with Crippen molar-refractivity contribution in [3.05, 3.63) is 64.9 Å². The zero-order valence-corrected chi connectivity index (χ0v) is 11.5. The lowest BCUT2D eigenvalue weighted by atomic mass is 10.1. The third kappa shape index (κ3) is 2.28. The maximum Gasteiger partial charge on any atom is 0.152 e. The molecule has 102 valence electrons. The van der Waals surface area contributed by atoms with E-state index in [9.17, 15) is 4.39 Å². The van der Waals surface area contributed by atoms with E-state index in [0.717, 1.165) is 5.39 Å². The number of fused-ring (bicyclic) bond motifs is 1. The average Bonchev–Trinajstić information content (AvgIpc) is 2.85. The summed E-state index contributed by atoms with van der Waals surface area (Å²) in [6.07, 6.45) is 2.78. The van der Waals surface area contributed by atoms with Crippen molar-refractivity contribution < 1.29 is 8.81 Å². The first-order valence-electron chi connectivity index (χ1n) is 6.14. The monoisotopic (exact) mass is 290 g/mol. The maximum absolute atomic E-state index is 13.3. The molecular formula is C15H12ClFN2O. The minimum Gasteiger partial charge on any atom is -0.457 e. The Morgan fingerprint density at radius 3 is 2.85 bits per heavy atom. The van der Waals surface area contributed by atoms with Crippen LogP contribution in [0.1, 0.15) is 17.4 Å². The predicted octanol–water partition coefficient (Wildman–Crippen LogP) is 3.93. The van der Waals surface area contributed by atoms with Crippen molar-refractivity contribution in [3.8, 4) is 0 Å². The summed E-state index contributed by atoms with van der Waals surface area (Å²) in [7, 11) is 1.78. The van der Waals surface area contributed by atoms with Crippen LogP contribution in [0.5, 0.6) is 0 Å². The topological polar surface area (TPSA) is 38.1 Å². The van der Waals surface area contributed by atoms with Gasteiger partial charge in [-0.2, -0.15) is 0 Å². The van der Waals surface area contributed by atoms with Crippen LogP contribution in [0.15, 0.2) is 47.1 Å². The number of aromatic nitrogens is 1. The number of furan rings is 1. The van der Waals surface area contributed by atoms with Gasteiger partial charge in [0.15, 0.2) is 5.58 Å². The van der Waals surface area contributed by atoms with Crippen LogP contribution in [0.4, 0.5) is 4.39 Å². The van der Waals surface area contributed by atoms with Crippen LogP contribution in [0, 0.1) is 5.82 Å². The number of hydrogen-bond donors (Lipinski definition) is 1. The third-order valence-corrected chi connectivity index (χ3v) is 3.45. The molecule has 0 saturated heterocycles. The smallest absolute Gasteiger partial charge is 0.152 e. The fourth-order valence-electron chi connectivity index (χ4n) is 2.25. The van der Waals surface area contributed by atoms with Crippen molar-refractivity contribution in [3.63, 3.8) is 0 Å². The highest BCUT2D eigenvalue weighted by atomic mass is 35.5. The number of rotatable bonds is 3. The Bertz CT molecular complexity index is 756. The second kappa shape index (κ2) is 5.23. The fourth-order valence-corrected chi connectivity index (χ4v) is 2.47. The zero-order valence-electron chi connectivity index (χ0n) is 10.7. The van der Waals surface area contributed by atoms with Gasteiger partial charge in [-0.3, -0.25) is 4.98 Å². The highest BCUT2D eigenvalue weighted by molar-refractivity contribution is 6.34. The van der Waals surface area contributed by atoms with Gasteiger partial charge < -0.3 is 9.73 Å². The Labute approximate surface area is 120 Å². The van der Waals surface area contributed by atoms with Gasteiger partial charge in [0.1, 0.15) is 11.6 Å². The molecule has 0 radical (unpaired) electrons. The normalized spacial score (nSPS) is 12.8. The lowest BCUT2D eigenvalue weighted by Gasteiger charge is -2.13. The fraction of sp³-hybridized carbons (Fsp3) is 0.133. The average molecular weight is 291 g/mol. The van der Waals surface area contributed by atoms with E-state index in [1.54, 1.807) is 19.3 Å². The summed E-state index contributed by atoms with van der Waals surface area (Å²) < 4.78 is 19.1. The number of pyridine rings is 1. The summed E-state index contributed by atoms with van der Waals surface area (Å²) >= 11 is 6.10. The Morgan fingerprint density at radius 1 is 1.30 bits per heavy atom. The van der Waals surface area contributed by atoms with Crippen molar-refractivity contribution in [2.75, 3.05) is 7.05 Å². The van der Waals surface area contributed by atoms with Gasteiger partial charge in [-0.1, -0.05) is 23.7 Å². The summed E-state index contributed by atoms with van der Waals surface area (Å²) in [6, 6.07) is 8.61. The Morgan fingerprint density at radius 2 is 2.15 bits per heavy atom. The van der Waals surface area contributed by atoms with E-state index in [4.69, 9.17) is 16.0 Å². The van der Waals surface area contributed by atoms with Crippen molar-refractivity contribution in [1.29, 1.82) is 0 Å². The lowest BCUT2D eigenvalue weighted by Crippen LogP contribution is -2.17. The summed E-state index contributed by atoms with van der Waals surface area (Å²) in [4.78, 5) is 3.87. The third-order valence-electron chi connectivity index (χ3n) is 3.15. The molecule has 0 bridgehead atoms. The lowest BCUT2D eigenvalue weighted by molar-refractivity contribution is 0.489. The first-order valence-corrected chi connectivity index (χ1v) is 6.52. The Kier molecular flexibility index (Phi) is 3.42. The van der Waals surface area contributed by atoms with Crippen LogP contribution in [0.3, 0.4) is 0 Å². The van der Waals surface area contributed by atoms with Gasteiger partial charge in [-0.05, 0) is 30.8 Å². The molecule has 1 atom stereocenters. The van der Waals surface area contributed by atoms with E-state index in [0.29, 0.717) is 21.9 Å². The minimum absolute atomic E-state index is 0.276. The second-order valence-electron chi connectivity index (χ2n) is 4.47. The van der Waals surface area contributed by atoms with Gasteiger partial charge in [-0.25, -0.2) is 4.39 Å². The number of nitrogens with one attached hydrogen (secondary N) is 1. The first kappa shape index (κ1) is 13.1. The number of halogens is 2. The molecule has 0 aliphatic rings. The van der Waals surface area contributed by atoms with Crippen LogP contribution >= 0.6 is 11.6 Å². The molecule has 0 fully saturated rings. The van der Waals surface area contributed by atoms with Crippen LogP contribution < -0.4 is 5.32 Å². The molecule has 0 saturated carbocycles. The number of nitrogens with zero attached hydrogens (tertiary/aromatic N) is 1. The molecule has 0 aliphatic heterocycles. The van der Waals surface area contributed by atoms with Gasteiger partial charge in [-0.15, -0.1) is 0 Å². The van der Waals surface area contributed by atoms with E-state index in [1.165, 1.54) is 12.3 Å². The highest BCUT2D eigenvalue weighted by Gasteiger charge is 2.18. The summed E-state index contributed by atoms with van der Waals surface area (Å²) in [6.45, 7) is 0. The molecule has 5 heteroatoms. The standard InChI is InChI=1S/C15H12ClFN2O/c1-18-14(10-5-11(17)8-19-7-10)13-6-9-3-2-4-12(16)15(9)20-13/h2-8,14,18H,1H3. The molecular weight excluding hydrogens is 279 g/mol. The van der Waals surface area contributed by atoms with E-state index >= 15 is 0 Å². The summed E-state index contributed by atoms with van der Waals surface area (Å²) in [5.41, 5.74) is 1.33. The van der Waals surface area contributed by atoms with Crippen LogP contribution in [0.25, 0.3) is 11.0 Å². The molecule has 20 heavy (non-hydrogen) atoms. The van der Waals surface area contributed by atoms with Gasteiger partial charge >= 0.3 is 0 Å². The molecule has 2 aromatic heterocycles. The quantitative estimate of drug-likeness (QED) is 0.794. The Hall–Kier alpha value is -1.91. The molecule has 3 nitrogen and oxygen atoms in total. The summed E-state index contributed by atoms with van der Waals surface area (Å²) in [5, 5.41) is 4.57. The van der Waals surface area contributed by atoms with Crippen molar-refractivity contribution in [1.82, 2.24) is 10.3 Å². The molecule has 1 aromatic carbocycles. The number of para-hydroxylation sites is 1. The molecule has 0 spiro atoms. The van der Waals surface area contributed by atoms with E-state index in [2.05, 4.69) is 10.3 Å². The molecule has 1 unspecified atom stereocenters.